The molecule has 5 nitrogen and oxygen atoms in total. The summed E-state index contributed by atoms with van der Waals surface area (Å²) in [7, 11) is 0. The van der Waals surface area contributed by atoms with Crippen LogP contribution in [0.5, 0.6) is 0 Å². The average molecular weight is 374 g/mol. The van der Waals surface area contributed by atoms with Crippen LogP contribution in [-0.2, 0) is 0 Å². The van der Waals surface area contributed by atoms with Crippen molar-refractivity contribution in [3.05, 3.63) is 88.0 Å². The highest BCUT2D eigenvalue weighted by molar-refractivity contribution is 7.07. The third-order valence-electron chi connectivity index (χ3n) is 4.07. The summed E-state index contributed by atoms with van der Waals surface area (Å²) in [5, 5.41) is 6.67. The second-order valence-electron chi connectivity index (χ2n) is 6.12. The maximum atomic E-state index is 5.58. The summed E-state index contributed by atoms with van der Waals surface area (Å²) >= 11 is 1.53. The van der Waals surface area contributed by atoms with Crippen LogP contribution < -0.4 is 4.80 Å². The van der Waals surface area contributed by atoms with Gasteiger partial charge in [0.2, 0.25) is 4.80 Å². The molecule has 1 aromatic carbocycles. The summed E-state index contributed by atoms with van der Waals surface area (Å²) in [6.45, 7) is 4.13. The first-order valence-corrected chi connectivity index (χ1v) is 9.39. The molecule has 0 N–H and O–H groups in total. The molecule has 0 unspecified atom stereocenters. The molecule has 134 valence electrons. The first-order valence-electron chi connectivity index (χ1n) is 8.51. The Morgan fingerprint density at radius 2 is 1.96 bits per heavy atom. The lowest BCUT2D eigenvalue weighted by Crippen LogP contribution is -2.11. The molecule has 0 spiro atoms. The molecule has 0 bridgehead atoms. The second kappa shape index (κ2) is 7.55. The van der Waals surface area contributed by atoms with Gasteiger partial charge in [0.15, 0.2) is 5.76 Å². The topological polar surface area (TPSA) is 55.7 Å². The number of hydrogen-bond donors (Lipinski definition) is 0. The van der Waals surface area contributed by atoms with Crippen LogP contribution in [0.25, 0.3) is 11.5 Å². The van der Waals surface area contributed by atoms with E-state index in [0.29, 0.717) is 0 Å². The molecule has 4 aromatic rings. The second-order valence-corrected chi connectivity index (χ2v) is 6.96. The zero-order valence-electron chi connectivity index (χ0n) is 15.0. The van der Waals surface area contributed by atoms with Gasteiger partial charge in [0.05, 0.1) is 18.2 Å². The number of furan rings is 1. The van der Waals surface area contributed by atoms with Crippen LogP contribution >= 0.6 is 11.3 Å². The summed E-state index contributed by atoms with van der Waals surface area (Å²) in [6, 6.07) is 13.9. The van der Waals surface area contributed by atoms with Crippen molar-refractivity contribution in [1.82, 2.24) is 9.66 Å². The van der Waals surface area contributed by atoms with Gasteiger partial charge in [-0.15, -0.1) is 11.3 Å². The number of aromatic nitrogens is 2. The highest BCUT2D eigenvalue weighted by Crippen LogP contribution is 2.23. The van der Waals surface area contributed by atoms with Crippen molar-refractivity contribution >= 4 is 23.2 Å². The summed E-state index contributed by atoms with van der Waals surface area (Å²) < 4.78 is 7.39. The lowest BCUT2D eigenvalue weighted by molar-refractivity contribution is 0.575. The Hall–Kier alpha value is -3.25. The molecule has 0 amide bonds. The monoisotopic (exact) mass is 374 g/mol. The Bertz CT molecular complexity index is 1140. The van der Waals surface area contributed by atoms with Gasteiger partial charge in [0, 0.05) is 17.8 Å². The first kappa shape index (κ1) is 17.2. The van der Waals surface area contributed by atoms with E-state index in [2.05, 4.69) is 42.1 Å². The van der Waals surface area contributed by atoms with Gasteiger partial charge in [-0.1, -0.05) is 12.1 Å². The van der Waals surface area contributed by atoms with Gasteiger partial charge in [-0.25, -0.2) is 9.67 Å². The Morgan fingerprint density at radius 1 is 1.11 bits per heavy atom. The van der Waals surface area contributed by atoms with Gasteiger partial charge in [-0.05, 0) is 60.9 Å². The van der Waals surface area contributed by atoms with Crippen molar-refractivity contribution in [2.24, 2.45) is 10.1 Å². The molecule has 0 radical (unpaired) electrons. The van der Waals surface area contributed by atoms with E-state index >= 15 is 0 Å². The van der Waals surface area contributed by atoms with E-state index in [-0.39, 0.29) is 0 Å². The van der Waals surface area contributed by atoms with Crippen molar-refractivity contribution < 1.29 is 4.42 Å². The summed E-state index contributed by atoms with van der Waals surface area (Å²) in [6.07, 6.45) is 6.94. The molecule has 0 saturated carbocycles. The molecule has 3 aromatic heterocycles. The molecular weight excluding hydrogens is 356 g/mol. The predicted molar refractivity (Wildman–Crippen MR) is 108 cm³/mol. The smallest absolute Gasteiger partial charge is 0.211 e. The molecule has 0 aliphatic carbocycles. The van der Waals surface area contributed by atoms with Crippen LogP contribution in [0.4, 0.5) is 5.69 Å². The van der Waals surface area contributed by atoms with E-state index in [0.717, 1.165) is 33.1 Å². The molecule has 27 heavy (non-hydrogen) atoms. The fraction of sp³-hybridized carbons (Fsp3) is 0.0952. The van der Waals surface area contributed by atoms with Gasteiger partial charge < -0.3 is 4.42 Å². The van der Waals surface area contributed by atoms with Crippen LogP contribution in [0.15, 0.2) is 81.0 Å². The normalized spacial score (nSPS) is 12.1. The lowest BCUT2D eigenvalue weighted by Gasteiger charge is -2.03. The molecular formula is C21H18N4OS. The minimum Gasteiger partial charge on any atom is -0.463 e. The zero-order chi connectivity index (χ0) is 18.6. The average Bonchev–Trinajstić information content (AvgIpc) is 3.34. The van der Waals surface area contributed by atoms with E-state index < -0.39 is 0 Å². The molecule has 0 fully saturated rings. The van der Waals surface area contributed by atoms with Crippen molar-refractivity contribution in [2.75, 3.05) is 0 Å². The number of pyridine rings is 1. The van der Waals surface area contributed by atoms with E-state index in [1.807, 2.05) is 34.3 Å². The minimum absolute atomic E-state index is 0.751. The van der Waals surface area contributed by atoms with Crippen LogP contribution in [0.3, 0.4) is 0 Å². The fourth-order valence-corrected chi connectivity index (χ4v) is 3.43. The van der Waals surface area contributed by atoms with Crippen molar-refractivity contribution in [3.63, 3.8) is 0 Å². The van der Waals surface area contributed by atoms with Crippen molar-refractivity contribution in [3.8, 4) is 11.5 Å². The summed E-state index contributed by atoms with van der Waals surface area (Å²) in [5.74, 6) is 0.751. The Morgan fingerprint density at radius 3 is 2.74 bits per heavy atom. The minimum atomic E-state index is 0.751. The number of benzene rings is 1. The Labute approximate surface area is 161 Å². The Kier molecular flexibility index (Phi) is 4.80. The van der Waals surface area contributed by atoms with Crippen LogP contribution in [0.2, 0.25) is 0 Å². The zero-order valence-corrected chi connectivity index (χ0v) is 15.9. The third-order valence-corrected chi connectivity index (χ3v) is 4.88. The van der Waals surface area contributed by atoms with E-state index in [4.69, 9.17) is 9.41 Å². The van der Waals surface area contributed by atoms with Crippen molar-refractivity contribution in [1.29, 1.82) is 0 Å². The highest BCUT2D eigenvalue weighted by Gasteiger charge is 2.10. The number of hydrogen-bond acceptors (Lipinski definition) is 5. The molecule has 0 atom stereocenters. The number of thiazole rings is 1. The number of nitrogens with zero attached hydrogens (tertiary/aromatic N) is 4. The molecule has 0 saturated heterocycles. The van der Waals surface area contributed by atoms with Crippen LogP contribution in [-0.4, -0.2) is 15.9 Å². The quantitative estimate of drug-likeness (QED) is 0.475. The maximum Gasteiger partial charge on any atom is 0.211 e. The van der Waals surface area contributed by atoms with Crippen molar-refractivity contribution in [2.45, 2.75) is 13.8 Å². The molecule has 6 heteroatoms. The Balaban J connectivity index is 1.86. The molecule has 0 aliphatic rings. The van der Waals surface area contributed by atoms with Gasteiger partial charge in [-0.3, -0.25) is 4.98 Å². The van der Waals surface area contributed by atoms with Crippen LogP contribution in [0.1, 0.15) is 16.7 Å². The SMILES string of the molecule is Cc1ccc(C)c(N=c2scc(-c3ccco3)n2N=Cc2ccncc2)c1. The summed E-state index contributed by atoms with van der Waals surface area (Å²) in [4.78, 5) is 9.68. The van der Waals surface area contributed by atoms with Crippen LogP contribution in [0, 0.1) is 13.8 Å². The van der Waals surface area contributed by atoms with E-state index in [1.165, 1.54) is 16.9 Å². The first-order chi connectivity index (χ1) is 13.2. The van der Waals surface area contributed by atoms with Gasteiger partial charge >= 0.3 is 0 Å². The summed E-state index contributed by atoms with van der Waals surface area (Å²) in [5.41, 5.74) is 5.06. The van der Waals surface area contributed by atoms with Gasteiger partial charge in [0.1, 0.15) is 5.69 Å². The van der Waals surface area contributed by atoms with E-state index in [9.17, 15) is 0 Å². The van der Waals surface area contributed by atoms with Gasteiger partial charge in [-0.2, -0.15) is 5.10 Å². The molecule has 4 rings (SSSR count). The molecule has 3 heterocycles. The largest absolute Gasteiger partial charge is 0.463 e. The van der Waals surface area contributed by atoms with Gasteiger partial charge in [0.25, 0.3) is 0 Å². The van der Waals surface area contributed by atoms with E-state index in [1.54, 1.807) is 24.9 Å². The number of aryl methyl sites for hydroxylation is 2. The predicted octanol–water partition coefficient (Wildman–Crippen LogP) is 4.94. The highest BCUT2D eigenvalue weighted by atomic mass is 32.1. The fourth-order valence-electron chi connectivity index (χ4n) is 2.60. The molecule has 0 aliphatic heterocycles. The lowest BCUT2D eigenvalue weighted by atomic mass is 10.1. The standard InChI is InChI=1S/C21H18N4OS/c1-15-5-6-16(2)18(12-15)24-21-25(23-13-17-7-9-22-10-8-17)19(14-27-21)20-4-3-11-26-20/h3-14H,1-2H3. The number of rotatable bonds is 4. The third kappa shape index (κ3) is 3.80. The maximum absolute atomic E-state index is 5.58.